The van der Waals surface area contributed by atoms with Crippen molar-refractivity contribution in [2.75, 3.05) is 27.3 Å². The molecule has 1 aromatic rings. The average molecular weight is 264 g/mol. The highest BCUT2D eigenvalue weighted by Gasteiger charge is 2.20. The zero-order valence-corrected chi connectivity index (χ0v) is 11.8. The van der Waals surface area contributed by atoms with Crippen molar-refractivity contribution in [3.63, 3.8) is 0 Å². The zero-order valence-electron chi connectivity index (χ0n) is 11.8. The van der Waals surface area contributed by atoms with Gasteiger partial charge in [0.2, 0.25) is 0 Å². The molecule has 0 aliphatic carbocycles. The largest absolute Gasteiger partial charge is 0.497 e. The van der Waals surface area contributed by atoms with Gasteiger partial charge in [0, 0.05) is 17.7 Å². The van der Waals surface area contributed by atoms with E-state index in [0.717, 1.165) is 36.6 Å². The summed E-state index contributed by atoms with van der Waals surface area (Å²) < 4.78 is 10.6. The molecule has 2 rings (SSSR count). The number of nitrogens with one attached hydrogen (secondary N) is 1. The molecule has 4 nitrogen and oxygen atoms in total. The lowest BCUT2D eigenvalue weighted by Gasteiger charge is -2.26. The summed E-state index contributed by atoms with van der Waals surface area (Å²) in [6.45, 7) is 2.22. The van der Waals surface area contributed by atoms with Crippen LogP contribution in [-0.4, -0.2) is 27.3 Å². The standard InChI is InChI=1S/C15H24N2O2/c1-18-12-3-4-13(15(10-12)19-2)14(16)9-11-5-7-17-8-6-11/h3-4,10-11,14,17H,5-9,16H2,1-2H3. The van der Waals surface area contributed by atoms with Crippen molar-refractivity contribution in [3.05, 3.63) is 23.8 Å². The quantitative estimate of drug-likeness (QED) is 0.855. The highest BCUT2D eigenvalue weighted by atomic mass is 16.5. The van der Waals surface area contributed by atoms with Gasteiger partial charge in [-0.3, -0.25) is 0 Å². The van der Waals surface area contributed by atoms with Gasteiger partial charge in [0.15, 0.2) is 0 Å². The van der Waals surface area contributed by atoms with Crippen LogP contribution in [0.5, 0.6) is 11.5 Å². The van der Waals surface area contributed by atoms with Gasteiger partial charge in [0.05, 0.1) is 14.2 Å². The maximum Gasteiger partial charge on any atom is 0.127 e. The average Bonchev–Trinajstić information content (AvgIpc) is 2.47. The molecule has 0 aromatic heterocycles. The minimum Gasteiger partial charge on any atom is -0.497 e. The monoisotopic (exact) mass is 264 g/mol. The number of benzene rings is 1. The summed E-state index contributed by atoms with van der Waals surface area (Å²) in [5.74, 6) is 2.33. The molecular weight excluding hydrogens is 240 g/mol. The first-order valence-corrected chi connectivity index (χ1v) is 6.92. The number of hydrogen-bond acceptors (Lipinski definition) is 4. The summed E-state index contributed by atoms with van der Waals surface area (Å²) in [6.07, 6.45) is 3.45. The third kappa shape index (κ3) is 3.61. The van der Waals surface area contributed by atoms with Crippen LogP contribution in [0.15, 0.2) is 18.2 Å². The van der Waals surface area contributed by atoms with Crippen LogP contribution in [0.3, 0.4) is 0 Å². The van der Waals surface area contributed by atoms with Crippen LogP contribution >= 0.6 is 0 Å². The Morgan fingerprint density at radius 1 is 1.26 bits per heavy atom. The maximum absolute atomic E-state index is 6.35. The van der Waals surface area contributed by atoms with Crippen molar-refractivity contribution in [2.45, 2.75) is 25.3 Å². The Bertz CT molecular complexity index is 403. The van der Waals surface area contributed by atoms with E-state index in [0.29, 0.717) is 5.92 Å². The first-order chi connectivity index (χ1) is 9.24. The predicted octanol–water partition coefficient (Wildman–Crippen LogP) is 2.09. The summed E-state index contributed by atoms with van der Waals surface area (Å²) in [4.78, 5) is 0. The van der Waals surface area contributed by atoms with Gasteiger partial charge in [-0.2, -0.15) is 0 Å². The van der Waals surface area contributed by atoms with E-state index in [1.54, 1.807) is 14.2 Å². The van der Waals surface area contributed by atoms with E-state index < -0.39 is 0 Å². The van der Waals surface area contributed by atoms with Gasteiger partial charge in [-0.15, -0.1) is 0 Å². The summed E-state index contributed by atoms with van der Waals surface area (Å²) in [5.41, 5.74) is 7.42. The number of piperidine rings is 1. The second-order valence-electron chi connectivity index (χ2n) is 5.14. The summed E-state index contributed by atoms with van der Waals surface area (Å²) in [7, 11) is 3.33. The van der Waals surface area contributed by atoms with E-state index in [9.17, 15) is 0 Å². The van der Waals surface area contributed by atoms with Gasteiger partial charge >= 0.3 is 0 Å². The summed E-state index contributed by atoms with van der Waals surface area (Å²) >= 11 is 0. The minimum atomic E-state index is 0.0314. The van der Waals surface area contributed by atoms with Gasteiger partial charge in [0.1, 0.15) is 11.5 Å². The SMILES string of the molecule is COc1ccc(C(N)CC2CCNCC2)c(OC)c1. The van der Waals surface area contributed by atoms with Gasteiger partial charge in [-0.1, -0.05) is 6.07 Å². The Balaban J connectivity index is 2.06. The molecule has 0 bridgehead atoms. The van der Waals surface area contributed by atoms with Crippen molar-refractivity contribution in [2.24, 2.45) is 11.7 Å². The van der Waals surface area contributed by atoms with Gasteiger partial charge in [0.25, 0.3) is 0 Å². The molecule has 1 saturated heterocycles. The van der Waals surface area contributed by atoms with Crippen molar-refractivity contribution < 1.29 is 9.47 Å². The van der Waals surface area contributed by atoms with E-state index >= 15 is 0 Å². The van der Waals surface area contributed by atoms with E-state index in [1.165, 1.54) is 12.8 Å². The molecule has 0 amide bonds. The molecule has 0 spiro atoms. The molecule has 19 heavy (non-hydrogen) atoms. The first kappa shape index (κ1) is 14.2. The lowest BCUT2D eigenvalue weighted by atomic mass is 9.88. The fourth-order valence-electron chi connectivity index (χ4n) is 2.73. The highest BCUT2D eigenvalue weighted by molar-refractivity contribution is 5.42. The molecular formula is C15H24N2O2. The zero-order chi connectivity index (χ0) is 13.7. The molecule has 1 fully saturated rings. The lowest BCUT2D eigenvalue weighted by Crippen LogP contribution is -2.29. The Labute approximate surface area is 115 Å². The lowest BCUT2D eigenvalue weighted by molar-refractivity contribution is 0.327. The van der Waals surface area contributed by atoms with Crippen LogP contribution in [0.1, 0.15) is 30.9 Å². The van der Waals surface area contributed by atoms with E-state index in [1.807, 2.05) is 18.2 Å². The molecule has 4 heteroatoms. The molecule has 0 radical (unpaired) electrons. The van der Waals surface area contributed by atoms with Crippen LogP contribution < -0.4 is 20.5 Å². The summed E-state index contributed by atoms with van der Waals surface area (Å²) in [5, 5.41) is 3.38. The third-order valence-electron chi connectivity index (χ3n) is 3.89. The molecule has 1 heterocycles. The van der Waals surface area contributed by atoms with Crippen LogP contribution in [0, 0.1) is 5.92 Å². The minimum absolute atomic E-state index is 0.0314. The van der Waals surface area contributed by atoms with E-state index in [-0.39, 0.29) is 6.04 Å². The van der Waals surface area contributed by atoms with E-state index in [2.05, 4.69) is 5.32 Å². The molecule has 0 saturated carbocycles. The number of hydrogen-bond donors (Lipinski definition) is 2. The third-order valence-corrected chi connectivity index (χ3v) is 3.89. The maximum atomic E-state index is 6.35. The summed E-state index contributed by atoms with van der Waals surface area (Å²) in [6, 6.07) is 5.89. The Hall–Kier alpha value is -1.26. The molecule has 106 valence electrons. The van der Waals surface area contributed by atoms with Crippen molar-refractivity contribution >= 4 is 0 Å². The van der Waals surface area contributed by atoms with Crippen molar-refractivity contribution in [1.82, 2.24) is 5.32 Å². The second kappa shape index (κ2) is 6.78. The molecule has 3 N–H and O–H groups in total. The molecule has 1 aliphatic heterocycles. The number of rotatable bonds is 5. The molecule has 1 atom stereocenters. The topological polar surface area (TPSA) is 56.5 Å². The van der Waals surface area contributed by atoms with Gasteiger partial charge in [-0.05, 0) is 44.3 Å². The van der Waals surface area contributed by atoms with Crippen LogP contribution in [0.25, 0.3) is 0 Å². The highest BCUT2D eigenvalue weighted by Crippen LogP contribution is 2.32. The van der Waals surface area contributed by atoms with Crippen LogP contribution in [0.2, 0.25) is 0 Å². The predicted molar refractivity (Wildman–Crippen MR) is 76.7 cm³/mol. The molecule has 1 unspecified atom stereocenters. The fraction of sp³-hybridized carbons (Fsp3) is 0.600. The number of methoxy groups -OCH3 is 2. The first-order valence-electron chi connectivity index (χ1n) is 6.92. The Morgan fingerprint density at radius 3 is 2.63 bits per heavy atom. The Morgan fingerprint density at radius 2 is 2.00 bits per heavy atom. The fourth-order valence-corrected chi connectivity index (χ4v) is 2.73. The van der Waals surface area contributed by atoms with Crippen molar-refractivity contribution in [1.29, 1.82) is 0 Å². The Kier molecular flexibility index (Phi) is 5.05. The van der Waals surface area contributed by atoms with Gasteiger partial charge < -0.3 is 20.5 Å². The normalized spacial score (nSPS) is 18.1. The van der Waals surface area contributed by atoms with Crippen molar-refractivity contribution in [3.8, 4) is 11.5 Å². The van der Waals surface area contributed by atoms with E-state index in [4.69, 9.17) is 15.2 Å². The molecule has 1 aromatic carbocycles. The smallest absolute Gasteiger partial charge is 0.127 e. The molecule has 1 aliphatic rings. The van der Waals surface area contributed by atoms with Crippen LogP contribution in [0.4, 0.5) is 0 Å². The van der Waals surface area contributed by atoms with Crippen LogP contribution in [-0.2, 0) is 0 Å². The number of ether oxygens (including phenoxy) is 2. The van der Waals surface area contributed by atoms with Gasteiger partial charge in [-0.25, -0.2) is 0 Å². The second-order valence-corrected chi connectivity index (χ2v) is 5.14. The number of nitrogens with two attached hydrogens (primary N) is 1.